The summed E-state index contributed by atoms with van der Waals surface area (Å²) in [7, 11) is 0. The van der Waals surface area contributed by atoms with Crippen LogP contribution in [0.25, 0.3) is 0 Å². The summed E-state index contributed by atoms with van der Waals surface area (Å²) < 4.78 is 12.1. The van der Waals surface area contributed by atoms with E-state index in [1.165, 1.54) is 12.8 Å². The van der Waals surface area contributed by atoms with Crippen LogP contribution in [0.5, 0.6) is 0 Å². The van der Waals surface area contributed by atoms with Gasteiger partial charge in [-0.15, -0.1) is 5.10 Å². The molecule has 3 rings (SSSR count). The molecule has 1 aromatic heterocycles. The Bertz CT molecular complexity index is 514. The number of hydrogen-bond donors (Lipinski definition) is 0. The Morgan fingerprint density at radius 1 is 1.29 bits per heavy atom. The molecule has 0 radical (unpaired) electrons. The van der Waals surface area contributed by atoms with E-state index in [0.717, 1.165) is 38.4 Å². The van der Waals surface area contributed by atoms with Gasteiger partial charge in [0.25, 0.3) is 0 Å². The van der Waals surface area contributed by atoms with Crippen molar-refractivity contribution in [3.8, 4) is 0 Å². The van der Waals surface area contributed by atoms with Crippen LogP contribution in [-0.4, -0.2) is 62.6 Å². The zero-order valence-electron chi connectivity index (χ0n) is 15.2. The van der Waals surface area contributed by atoms with Crippen LogP contribution in [-0.2, 0) is 16.0 Å². The van der Waals surface area contributed by atoms with Gasteiger partial charge in [0, 0.05) is 19.8 Å². The molecule has 1 aromatic rings. The normalized spacial score (nSPS) is 20.7. The fourth-order valence-electron chi connectivity index (χ4n) is 2.71. The summed E-state index contributed by atoms with van der Waals surface area (Å²) in [5.41, 5.74) is -0.463. The average Bonchev–Trinajstić information content (AvgIpc) is 3.22. The Labute approximate surface area is 143 Å². The summed E-state index contributed by atoms with van der Waals surface area (Å²) in [5.74, 6) is 0.760. The smallest absolute Gasteiger partial charge is 0.410 e. The molecule has 0 N–H and O–H groups in total. The van der Waals surface area contributed by atoms with Gasteiger partial charge in [0.15, 0.2) is 0 Å². The number of hydrogen-bond acceptors (Lipinski definition) is 6. The van der Waals surface area contributed by atoms with Crippen molar-refractivity contribution < 1.29 is 14.3 Å². The highest BCUT2D eigenvalue weighted by Crippen LogP contribution is 2.22. The van der Waals surface area contributed by atoms with E-state index in [9.17, 15) is 4.79 Å². The molecule has 8 heteroatoms. The van der Waals surface area contributed by atoms with E-state index in [2.05, 4.69) is 15.5 Å². The quantitative estimate of drug-likeness (QED) is 0.821. The number of likely N-dealkylation sites (tertiary alicyclic amines) is 1. The van der Waals surface area contributed by atoms with Gasteiger partial charge in [0.1, 0.15) is 11.4 Å². The molecular formula is C16H29N5O3. The van der Waals surface area contributed by atoms with E-state index >= 15 is 0 Å². The second-order valence-corrected chi connectivity index (χ2v) is 7.20. The van der Waals surface area contributed by atoms with Gasteiger partial charge in [-0.2, -0.15) is 0 Å². The van der Waals surface area contributed by atoms with Gasteiger partial charge >= 0.3 is 6.09 Å². The number of carbonyl (C=O) groups is 1. The first-order chi connectivity index (χ1) is 11.4. The predicted molar refractivity (Wildman–Crippen MR) is 88.6 cm³/mol. The number of rotatable bonds is 2. The highest BCUT2D eigenvalue weighted by Gasteiger charge is 2.32. The number of ether oxygens (including phenoxy) is 2. The molecule has 0 unspecified atom stereocenters. The number of amides is 1. The van der Waals surface area contributed by atoms with Gasteiger partial charge in [0.05, 0.1) is 12.6 Å². The van der Waals surface area contributed by atoms with Crippen molar-refractivity contribution in [3.63, 3.8) is 0 Å². The molecule has 2 saturated heterocycles. The minimum Gasteiger partial charge on any atom is -0.444 e. The minimum absolute atomic E-state index is 0.108. The summed E-state index contributed by atoms with van der Waals surface area (Å²) in [6.45, 7) is 10.8. The van der Waals surface area contributed by atoms with Crippen LogP contribution in [0.4, 0.5) is 4.79 Å². The molecular weight excluding hydrogens is 310 g/mol. The summed E-state index contributed by atoms with van der Waals surface area (Å²) in [6, 6.07) is 0.108. The predicted octanol–water partition coefficient (Wildman–Crippen LogP) is 2.18. The molecule has 0 saturated carbocycles. The highest BCUT2D eigenvalue weighted by atomic mass is 16.6. The fourth-order valence-corrected chi connectivity index (χ4v) is 2.71. The Balaban J connectivity index is 0.000000355. The first kappa shape index (κ1) is 18.6. The molecule has 2 aliphatic heterocycles. The third-order valence-corrected chi connectivity index (χ3v) is 3.93. The lowest BCUT2D eigenvalue weighted by Crippen LogP contribution is -2.41. The Morgan fingerprint density at radius 3 is 2.50 bits per heavy atom. The number of nitrogens with zero attached hydrogens (tertiary/aromatic N) is 5. The standard InChI is InChI=1S/C12H21N5O2.C4H8O/c1-9-13-14-15-17(9)8-10-6-5-7-16(10)11(18)19-12(2,3)4;1-2-4-5-3-1/h10H,5-8H2,1-4H3;1-4H2/t10-;/m0./s1. The van der Waals surface area contributed by atoms with E-state index in [0.29, 0.717) is 6.54 Å². The lowest BCUT2D eigenvalue weighted by atomic mass is 10.2. The van der Waals surface area contributed by atoms with Crippen molar-refractivity contribution in [2.24, 2.45) is 0 Å². The summed E-state index contributed by atoms with van der Waals surface area (Å²) in [5, 5.41) is 11.4. The summed E-state index contributed by atoms with van der Waals surface area (Å²) in [4.78, 5) is 13.9. The van der Waals surface area contributed by atoms with Crippen LogP contribution in [0.15, 0.2) is 0 Å². The van der Waals surface area contributed by atoms with Gasteiger partial charge in [-0.05, 0) is 63.8 Å². The Hall–Kier alpha value is -1.70. The van der Waals surface area contributed by atoms with E-state index in [4.69, 9.17) is 9.47 Å². The van der Waals surface area contributed by atoms with Crippen molar-refractivity contribution >= 4 is 6.09 Å². The van der Waals surface area contributed by atoms with Crippen molar-refractivity contribution in [1.29, 1.82) is 0 Å². The van der Waals surface area contributed by atoms with Crippen molar-refractivity contribution in [3.05, 3.63) is 5.82 Å². The molecule has 136 valence electrons. The molecule has 0 aliphatic carbocycles. The van der Waals surface area contributed by atoms with Gasteiger partial charge in [-0.3, -0.25) is 0 Å². The van der Waals surface area contributed by atoms with E-state index in [1.807, 2.05) is 27.7 Å². The maximum atomic E-state index is 12.1. The third-order valence-electron chi connectivity index (χ3n) is 3.93. The van der Waals surface area contributed by atoms with Crippen molar-refractivity contribution in [2.75, 3.05) is 19.8 Å². The van der Waals surface area contributed by atoms with Gasteiger partial charge in [-0.25, -0.2) is 9.48 Å². The molecule has 3 heterocycles. The van der Waals surface area contributed by atoms with E-state index < -0.39 is 5.60 Å². The lowest BCUT2D eigenvalue weighted by molar-refractivity contribution is 0.0210. The van der Waals surface area contributed by atoms with Gasteiger partial charge in [0.2, 0.25) is 0 Å². The van der Waals surface area contributed by atoms with Crippen LogP contribution in [0.3, 0.4) is 0 Å². The third kappa shape index (κ3) is 5.74. The molecule has 0 aromatic carbocycles. The maximum Gasteiger partial charge on any atom is 0.410 e. The molecule has 0 bridgehead atoms. The molecule has 24 heavy (non-hydrogen) atoms. The number of carbonyl (C=O) groups excluding carboxylic acids is 1. The van der Waals surface area contributed by atoms with Crippen LogP contribution in [0.1, 0.15) is 52.3 Å². The second-order valence-electron chi connectivity index (χ2n) is 7.20. The molecule has 0 spiro atoms. The largest absolute Gasteiger partial charge is 0.444 e. The van der Waals surface area contributed by atoms with E-state index in [1.54, 1.807) is 9.58 Å². The van der Waals surface area contributed by atoms with Crippen molar-refractivity contribution in [2.45, 2.75) is 71.6 Å². The van der Waals surface area contributed by atoms with Crippen LogP contribution in [0.2, 0.25) is 0 Å². The van der Waals surface area contributed by atoms with E-state index in [-0.39, 0.29) is 12.1 Å². The monoisotopic (exact) mass is 339 g/mol. The summed E-state index contributed by atoms with van der Waals surface area (Å²) in [6.07, 6.45) is 4.25. The van der Waals surface area contributed by atoms with Gasteiger partial charge in [-0.1, -0.05) is 0 Å². The zero-order chi connectivity index (χ0) is 17.6. The second kappa shape index (κ2) is 8.41. The first-order valence-electron chi connectivity index (χ1n) is 8.67. The van der Waals surface area contributed by atoms with Crippen LogP contribution < -0.4 is 0 Å². The Kier molecular flexibility index (Phi) is 6.53. The maximum absolute atomic E-state index is 12.1. The average molecular weight is 339 g/mol. The fraction of sp³-hybridized carbons (Fsp3) is 0.875. The molecule has 1 amide bonds. The molecule has 8 nitrogen and oxygen atoms in total. The number of aryl methyl sites for hydroxylation is 1. The topological polar surface area (TPSA) is 82.4 Å². The molecule has 2 aliphatic rings. The zero-order valence-corrected chi connectivity index (χ0v) is 15.2. The minimum atomic E-state index is -0.463. The summed E-state index contributed by atoms with van der Waals surface area (Å²) >= 11 is 0. The lowest BCUT2D eigenvalue weighted by Gasteiger charge is -2.28. The highest BCUT2D eigenvalue weighted by molar-refractivity contribution is 5.68. The van der Waals surface area contributed by atoms with Crippen LogP contribution >= 0.6 is 0 Å². The molecule has 1 atom stereocenters. The van der Waals surface area contributed by atoms with Crippen LogP contribution in [0, 0.1) is 6.92 Å². The van der Waals surface area contributed by atoms with Crippen molar-refractivity contribution in [1.82, 2.24) is 25.1 Å². The van der Waals surface area contributed by atoms with Gasteiger partial charge < -0.3 is 14.4 Å². The molecule has 2 fully saturated rings. The number of aromatic nitrogens is 4. The first-order valence-corrected chi connectivity index (χ1v) is 8.67. The Morgan fingerprint density at radius 2 is 2.00 bits per heavy atom. The number of tetrazole rings is 1. The SMILES string of the molecule is C1CCOC1.Cc1nnnn1C[C@@H]1CCCN1C(=O)OC(C)(C)C.